The van der Waals surface area contributed by atoms with Crippen molar-refractivity contribution in [1.82, 2.24) is 5.32 Å². The first-order chi connectivity index (χ1) is 8.00. The minimum atomic E-state index is -4.33. The number of rotatable bonds is 5. The SMILES string of the molecule is CCNC(c1ccccc1OCC)C(F)(F)F. The molecule has 0 saturated carbocycles. The lowest BCUT2D eigenvalue weighted by atomic mass is 10.1. The molecule has 5 heteroatoms. The van der Waals surface area contributed by atoms with Gasteiger partial charge in [-0.25, -0.2) is 0 Å². The van der Waals surface area contributed by atoms with Gasteiger partial charge in [0, 0.05) is 5.56 Å². The highest BCUT2D eigenvalue weighted by molar-refractivity contribution is 5.36. The summed E-state index contributed by atoms with van der Waals surface area (Å²) in [6.45, 7) is 3.97. The molecule has 0 saturated heterocycles. The van der Waals surface area contributed by atoms with E-state index in [1.807, 2.05) is 0 Å². The van der Waals surface area contributed by atoms with Crippen LogP contribution in [0.4, 0.5) is 13.2 Å². The lowest BCUT2D eigenvalue weighted by molar-refractivity contribution is -0.157. The molecule has 0 fully saturated rings. The summed E-state index contributed by atoms with van der Waals surface area (Å²) in [7, 11) is 0. The van der Waals surface area contributed by atoms with E-state index < -0.39 is 12.2 Å². The standard InChI is InChI=1S/C12H16F3NO/c1-3-16-11(12(13,14)15)9-7-5-6-8-10(9)17-4-2/h5-8,11,16H,3-4H2,1-2H3. The van der Waals surface area contributed by atoms with Crippen molar-refractivity contribution < 1.29 is 17.9 Å². The third-order valence-electron chi connectivity index (χ3n) is 2.27. The van der Waals surface area contributed by atoms with Gasteiger partial charge in [0.05, 0.1) is 6.61 Å². The van der Waals surface area contributed by atoms with Crippen LogP contribution >= 0.6 is 0 Å². The maximum absolute atomic E-state index is 12.9. The molecule has 0 bridgehead atoms. The van der Waals surface area contributed by atoms with Crippen LogP contribution in [0.2, 0.25) is 0 Å². The molecular weight excluding hydrogens is 231 g/mol. The van der Waals surface area contributed by atoms with Crippen molar-refractivity contribution in [2.75, 3.05) is 13.2 Å². The summed E-state index contributed by atoms with van der Waals surface area (Å²) < 4.78 is 43.9. The van der Waals surface area contributed by atoms with Crippen LogP contribution < -0.4 is 10.1 Å². The zero-order chi connectivity index (χ0) is 12.9. The van der Waals surface area contributed by atoms with Gasteiger partial charge in [-0.3, -0.25) is 0 Å². The minimum absolute atomic E-state index is 0.128. The predicted molar refractivity (Wildman–Crippen MR) is 60.1 cm³/mol. The molecule has 0 aliphatic rings. The molecule has 0 heterocycles. The van der Waals surface area contributed by atoms with Gasteiger partial charge < -0.3 is 10.1 Å². The maximum Gasteiger partial charge on any atom is 0.408 e. The highest BCUT2D eigenvalue weighted by atomic mass is 19.4. The molecule has 1 atom stereocenters. The van der Waals surface area contributed by atoms with Crippen molar-refractivity contribution in [3.8, 4) is 5.75 Å². The Balaban J connectivity index is 3.09. The first kappa shape index (κ1) is 13.8. The van der Waals surface area contributed by atoms with Crippen LogP contribution in [-0.4, -0.2) is 19.3 Å². The fraction of sp³-hybridized carbons (Fsp3) is 0.500. The van der Waals surface area contributed by atoms with Gasteiger partial charge >= 0.3 is 6.18 Å². The zero-order valence-corrected chi connectivity index (χ0v) is 9.84. The van der Waals surface area contributed by atoms with E-state index in [-0.39, 0.29) is 17.9 Å². The predicted octanol–water partition coefficient (Wildman–Crippen LogP) is 3.30. The van der Waals surface area contributed by atoms with Gasteiger partial charge in [-0.1, -0.05) is 25.1 Å². The quantitative estimate of drug-likeness (QED) is 0.862. The average Bonchev–Trinajstić information content (AvgIpc) is 2.26. The summed E-state index contributed by atoms with van der Waals surface area (Å²) in [5.41, 5.74) is 0.128. The minimum Gasteiger partial charge on any atom is -0.494 e. The second-order valence-corrected chi connectivity index (χ2v) is 3.50. The number of ether oxygens (including phenoxy) is 1. The molecule has 1 unspecified atom stereocenters. The lowest BCUT2D eigenvalue weighted by Gasteiger charge is -2.23. The first-order valence-corrected chi connectivity index (χ1v) is 5.52. The molecule has 0 amide bonds. The van der Waals surface area contributed by atoms with Crippen molar-refractivity contribution in [1.29, 1.82) is 0 Å². The Bertz CT molecular complexity index is 352. The number of nitrogens with one attached hydrogen (secondary N) is 1. The highest BCUT2D eigenvalue weighted by Gasteiger charge is 2.41. The van der Waals surface area contributed by atoms with E-state index in [1.54, 1.807) is 32.0 Å². The Morgan fingerprint density at radius 3 is 2.41 bits per heavy atom. The summed E-state index contributed by atoms with van der Waals surface area (Å²) in [6, 6.07) is 4.54. The molecule has 2 nitrogen and oxygen atoms in total. The summed E-state index contributed by atoms with van der Waals surface area (Å²) in [4.78, 5) is 0. The number of alkyl halides is 3. The summed E-state index contributed by atoms with van der Waals surface area (Å²) in [5.74, 6) is 0.276. The summed E-state index contributed by atoms with van der Waals surface area (Å²) >= 11 is 0. The number of halogens is 3. The third kappa shape index (κ3) is 3.63. The van der Waals surface area contributed by atoms with E-state index in [4.69, 9.17) is 4.74 Å². The van der Waals surface area contributed by atoms with Gasteiger partial charge in [0.15, 0.2) is 0 Å². The van der Waals surface area contributed by atoms with Gasteiger partial charge in [0.2, 0.25) is 0 Å². The fourth-order valence-electron chi connectivity index (χ4n) is 1.61. The van der Waals surface area contributed by atoms with Gasteiger partial charge in [-0.15, -0.1) is 0 Å². The van der Waals surface area contributed by atoms with Crippen LogP contribution in [0.25, 0.3) is 0 Å². The molecule has 1 rings (SSSR count). The van der Waals surface area contributed by atoms with Crippen LogP contribution in [0, 0.1) is 0 Å². The molecule has 0 radical (unpaired) electrons. The van der Waals surface area contributed by atoms with E-state index in [1.165, 1.54) is 6.07 Å². The highest BCUT2D eigenvalue weighted by Crippen LogP contribution is 2.36. The zero-order valence-electron chi connectivity index (χ0n) is 9.84. The van der Waals surface area contributed by atoms with Gasteiger partial charge in [-0.05, 0) is 19.5 Å². The van der Waals surface area contributed by atoms with E-state index in [2.05, 4.69) is 5.32 Å². The second-order valence-electron chi connectivity index (χ2n) is 3.50. The topological polar surface area (TPSA) is 21.3 Å². The van der Waals surface area contributed by atoms with Gasteiger partial charge in [0.25, 0.3) is 0 Å². The molecule has 0 aliphatic heterocycles. The van der Waals surface area contributed by atoms with Crippen LogP contribution in [0.15, 0.2) is 24.3 Å². The van der Waals surface area contributed by atoms with E-state index in [0.717, 1.165) is 0 Å². The molecular formula is C12H16F3NO. The molecule has 0 aromatic heterocycles. The Morgan fingerprint density at radius 2 is 1.88 bits per heavy atom. The van der Waals surface area contributed by atoms with Gasteiger partial charge in [-0.2, -0.15) is 13.2 Å². The molecule has 96 valence electrons. The Kier molecular flexibility index (Phi) is 4.81. The second kappa shape index (κ2) is 5.91. The van der Waals surface area contributed by atoms with E-state index in [9.17, 15) is 13.2 Å². The number of benzene rings is 1. The number of hydrogen-bond donors (Lipinski definition) is 1. The van der Waals surface area contributed by atoms with Crippen molar-refractivity contribution in [3.63, 3.8) is 0 Å². The van der Waals surface area contributed by atoms with Gasteiger partial charge in [0.1, 0.15) is 11.8 Å². The average molecular weight is 247 g/mol. The molecule has 1 aromatic carbocycles. The smallest absolute Gasteiger partial charge is 0.408 e. The Morgan fingerprint density at radius 1 is 1.24 bits per heavy atom. The van der Waals surface area contributed by atoms with E-state index >= 15 is 0 Å². The van der Waals surface area contributed by atoms with Crippen molar-refractivity contribution in [2.45, 2.75) is 26.1 Å². The summed E-state index contributed by atoms with van der Waals surface area (Å²) in [5, 5.41) is 2.43. The monoisotopic (exact) mass is 247 g/mol. The van der Waals surface area contributed by atoms with Crippen LogP contribution in [0.1, 0.15) is 25.5 Å². The van der Waals surface area contributed by atoms with E-state index in [0.29, 0.717) is 6.61 Å². The normalized spacial score (nSPS) is 13.5. The maximum atomic E-state index is 12.9. The molecule has 0 aliphatic carbocycles. The van der Waals surface area contributed by atoms with Crippen molar-refractivity contribution in [3.05, 3.63) is 29.8 Å². The molecule has 1 aromatic rings. The van der Waals surface area contributed by atoms with Crippen LogP contribution in [0.5, 0.6) is 5.75 Å². The number of hydrogen-bond acceptors (Lipinski definition) is 2. The lowest BCUT2D eigenvalue weighted by Crippen LogP contribution is -2.34. The first-order valence-electron chi connectivity index (χ1n) is 5.52. The fourth-order valence-corrected chi connectivity index (χ4v) is 1.61. The molecule has 17 heavy (non-hydrogen) atoms. The Hall–Kier alpha value is -1.23. The largest absolute Gasteiger partial charge is 0.494 e. The Labute approximate surface area is 98.8 Å². The van der Waals surface area contributed by atoms with Crippen LogP contribution in [-0.2, 0) is 0 Å². The summed E-state index contributed by atoms with van der Waals surface area (Å²) in [6.07, 6.45) is -4.33. The number of para-hydroxylation sites is 1. The van der Waals surface area contributed by atoms with Crippen LogP contribution in [0.3, 0.4) is 0 Å². The molecule has 0 spiro atoms. The van der Waals surface area contributed by atoms with Crippen molar-refractivity contribution in [2.24, 2.45) is 0 Å². The van der Waals surface area contributed by atoms with Crippen molar-refractivity contribution >= 4 is 0 Å². The molecule has 1 N–H and O–H groups in total. The third-order valence-corrected chi connectivity index (χ3v) is 2.27.